The molecule has 7 heteroatoms. The van der Waals surface area contributed by atoms with Crippen LogP contribution in [0.15, 0.2) is 66.7 Å². The van der Waals surface area contributed by atoms with Crippen molar-refractivity contribution < 1.29 is 14.0 Å². The van der Waals surface area contributed by atoms with Gasteiger partial charge in [-0.2, -0.15) is 5.26 Å². The van der Waals surface area contributed by atoms with E-state index in [9.17, 15) is 14.0 Å². The van der Waals surface area contributed by atoms with Crippen LogP contribution in [0.2, 0.25) is 0 Å². The summed E-state index contributed by atoms with van der Waals surface area (Å²) in [4.78, 5) is 28.8. The standard InChI is InChI=1S/C22H17FN4O2/c23-17-8-3-1-6-15(17)12-13-25-21(28)19-10-5-11-20(26-19)22(29)27-18-9-4-2-7-16(18)14-24/h1-11H,12-13H2,(H,25,28)(H,27,29). The van der Waals surface area contributed by atoms with E-state index in [2.05, 4.69) is 15.6 Å². The minimum atomic E-state index is -0.534. The maximum Gasteiger partial charge on any atom is 0.274 e. The number of aromatic nitrogens is 1. The van der Waals surface area contributed by atoms with Gasteiger partial charge >= 0.3 is 0 Å². The second-order valence-corrected chi connectivity index (χ2v) is 6.12. The van der Waals surface area contributed by atoms with Crippen molar-refractivity contribution >= 4 is 17.5 Å². The van der Waals surface area contributed by atoms with Crippen LogP contribution in [0.3, 0.4) is 0 Å². The number of hydrogen-bond acceptors (Lipinski definition) is 4. The van der Waals surface area contributed by atoms with Crippen LogP contribution in [0.5, 0.6) is 0 Å². The molecule has 0 aliphatic carbocycles. The van der Waals surface area contributed by atoms with Gasteiger partial charge in [0.05, 0.1) is 11.3 Å². The first-order valence-corrected chi connectivity index (χ1v) is 8.87. The van der Waals surface area contributed by atoms with Crippen molar-refractivity contribution in [3.63, 3.8) is 0 Å². The Kier molecular flexibility index (Phi) is 6.28. The monoisotopic (exact) mass is 388 g/mol. The van der Waals surface area contributed by atoms with Gasteiger partial charge in [-0.25, -0.2) is 9.37 Å². The Hall–Kier alpha value is -4.05. The normalized spacial score (nSPS) is 10.1. The van der Waals surface area contributed by atoms with E-state index in [0.29, 0.717) is 23.2 Å². The number of nitriles is 1. The first-order chi connectivity index (χ1) is 14.1. The van der Waals surface area contributed by atoms with Crippen LogP contribution in [0.4, 0.5) is 10.1 Å². The molecule has 2 N–H and O–H groups in total. The number of carbonyl (C=O) groups is 2. The summed E-state index contributed by atoms with van der Waals surface area (Å²) in [6.07, 6.45) is 0.337. The maximum absolute atomic E-state index is 13.6. The molecule has 0 bridgehead atoms. The molecular formula is C22H17FN4O2. The van der Waals surface area contributed by atoms with E-state index < -0.39 is 11.8 Å². The predicted molar refractivity (Wildman–Crippen MR) is 106 cm³/mol. The fourth-order valence-electron chi connectivity index (χ4n) is 2.67. The highest BCUT2D eigenvalue weighted by molar-refractivity contribution is 6.04. The van der Waals surface area contributed by atoms with Crippen molar-refractivity contribution in [1.82, 2.24) is 10.3 Å². The molecule has 0 fully saturated rings. The van der Waals surface area contributed by atoms with Gasteiger partial charge in [0.25, 0.3) is 11.8 Å². The van der Waals surface area contributed by atoms with E-state index in [1.165, 1.54) is 18.2 Å². The molecule has 0 radical (unpaired) electrons. The topological polar surface area (TPSA) is 94.9 Å². The van der Waals surface area contributed by atoms with Crippen molar-refractivity contribution in [3.05, 3.63) is 95.1 Å². The van der Waals surface area contributed by atoms with Gasteiger partial charge in [-0.3, -0.25) is 9.59 Å². The lowest BCUT2D eigenvalue weighted by atomic mass is 10.1. The van der Waals surface area contributed by atoms with E-state index in [0.717, 1.165) is 0 Å². The molecule has 0 spiro atoms. The SMILES string of the molecule is N#Cc1ccccc1NC(=O)c1cccc(C(=O)NCCc2ccccc2F)n1. The lowest BCUT2D eigenvalue weighted by molar-refractivity contribution is 0.0949. The molecule has 0 saturated carbocycles. The Labute approximate surface area is 167 Å². The summed E-state index contributed by atoms with van der Waals surface area (Å²) >= 11 is 0. The molecule has 29 heavy (non-hydrogen) atoms. The highest BCUT2D eigenvalue weighted by Crippen LogP contribution is 2.14. The van der Waals surface area contributed by atoms with E-state index >= 15 is 0 Å². The molecule has 0 aliphatic heterocycles. The summed E-state index contributed by atoms with van der Waals surface area (Å²) < 4.78 is 13.6. The molecule has 1 aromatic heterocycles. The van der Waals surface area contributed by atoms with Crippen LogP contribution < -0.4 is 10.6 Å². The maximum atomic E-state index is 13.6. The Balaban J connectivity index is 1.64. The molecular weight excluding hydrogens is 371 g/mol. The second kappa shape index (κ2) is 9.24. The Bertz CT molecular complexity index is 1090. The largest absolute Gasteiger partial charge is 0.350 e. The second-order valence-electron chi connectivity index (χ2n) is 6.12. The third-order valence-corrected chi connectivity index (χ3v) is 4.15. The minimum Gasteiger partial charge on any atom is -0.350 e. The molecule has 6 nitrogen and oxygen atoms in total. The summed E-state index contributed by atoms with van der Waals surface area (Å²) in [6.45, 7) is 0.230. The number of carbonyl (C=O) groups excluding carboxylic acids is 2. The lowest BCUT2D eigenvalue weighted by Gasteiger charge is -2.08. The van der Waals surface area contributed by atoms with E-state index in [-0.39, 0.29) is 23.7 Å². The fourth-order valence-corrected chi connectivity index (χ4v) is 2.67. The van der Waals surface area contributed by atoms with Gasteiger partial charge < -0.3 is 10.6 Å². The summed E-state index contributed by atoms with van der Waals surface area (Å²) in [5.74, 6) is -1.32. The van der Waals surface area contributed by atoms with Crippen molar-refractivity contribution in [1.29, 1.82) is 5.26 Å². The molecule has 2 amide bonds. The van der Waals surface area contributed by atoms with E-state index in [1.807, 2.05) is 6.07 Å². The van der Waals surface area contributed by atoms with Crippen molar-refractivity contribution in [2.75, 3.05) is 11.9 Å². The number of rotatable bonds is 6. The first kappa shape index (κ1) is 19.7. The van der Waals surface area contributed by atoms with Crippen molar-refractivity contribution in [3.8, 4) is 6.07 Å². The Morgan fingerprint density at radius 2 is 1.62 bits per heavy atom. The smallest absolute Gasteiger partial charge is 0.274 e. The van der Waals surface area contributed by atoms with E-state index in [1.54, 1.807) is 48.5 Å². The molecule has 0 unspecified atom stereocenters. The fraction of sp³-hybridized carbons (Fsp3) is 0.0909. The van der Waals surface area contributed by atoms with Gasteiger partial charge in [-0.15, -0.1) is 0 Å². The molecule has 144 valence electrons. The van der Waals surface area contributed by atoms with E-state index in [4.69, 9.17) is 5.26 Å². The molecule has 3 aromatic rings. The quantitative estimate of drug-likeness (QED) is 0.677. The van der Waals surface area contributed by atoms with Crippen LogP contribution in [0, 0.1) is 17.1 Å². The number of pyridine rings is 1. The predicted octanol–water partition coefficient (Wildman–Crippen LogP) is 3.32. The van der Waals surface area contributed by atoms with Gasteiger partial charge in [-0.05, 0) is 42.3 Å². The van der Waals surface area contributed by atoms with Crippen LogP contribution in [0.25, 0.3) is 0 Å². The molecule has 0 atom stereocenters. The minimum absolute atomic E-state index is 0.0412. The van der Waals surface area contributed by atoms with Crippen molar-refractivity contribution in [2.24, 2.45) is 0 Å². The third kappa shape index (κ3) is 5.02. The van der Waals surface area contributed by atoms with Crippen LogP contribution in [-0.4, -0.2) is 23.3 Å². The number of halogens is 1. The molecule has 3 rings (SSSR count). The highest BCUT2D eigenvalue weighted by Gasteiger charge is 2.14. The third-order valence-electron chi connectivity index (χ3n) is 4.15. The number of nitrogens with zero attached hydrogens (tertiary/aromatic N) is 2. The van der Waals surface area contributed by atoms with Gasteiger partial charge in [0.2, 0.25) is 0 Å². The molecule has 2 aromatic carbocycles. The highest BCUT2D eigenvalue weighted by atomic mass is 19.1. The van der Waals surface area contributed by atoms with Crippen LogP contribution >= 0.6 is 0 Å². The first-order valence-electron chi connectivity index (χ1n) is 8.87. The lowest BCUT2D eigenvalue weighted by Crippen LogP contribution is -2.27. The summed E-state index contributed by atoms with van der Waals surface area (Å²) in [5, 5.41) is 14.4. The number of benzene rings is 2. The van der Waals surface area contributed by atoms with Crippen LogP contribution in [0.1, 0.15) is 32.1 Å². The zero-order valence-electron chi connectivity index (χ0n) is 15.4. The zero-order chi connectivity index (χ0) is 20.6. The number of anilines is 1. The number of amides is 2. The van der Waals surface area contributed by atoms with Crippen molar-refractivity contribution in [2.45, 2.75) is 6.42 Å². The summed E-state index contributed by atoms with van der Waals surface area (Å²) in [7, 11) is 0. The number of para-hydroxylation sites is 1. The van der Waals surface area contributed by atoms with Gasteiger partial charge in [0.15, 0.2) is 0 Å². The molecule has 0 saturated heterocycles. The molecule has 0 aliphatic rings. The average molecular weight is 388 g/mol. The Morgan fingerprint density at radius 1 is 0.931 bits per heavy atom. The Morgan fingerprint density at radius 3 is 2.38 bits per heavy atom. The average Bonchev–Trinajstić information content (AvgIpc) is 2.75. The summed E-state index contributed by atoms with van der Waals surface area (Å²) in [6, 6.07) is 19.4. The van der Waals surface area contributed by atoms with Crippen LogP contribution in [-0.2, 0) is 6.42 Å². The number of nitrogens with one attached hydrogen (secondary N) is 2. The summed E-state index contributed by atoms with van der Waals surface area (Å²) in [5.41, 5.74) is 1.30. The van der Waals surface area contributed by atoms with Gasteiger partial charge in [-0.1, -0.05) is 36.4 Å². The van der Waals surface area contributed by atoms with Gasteiger partial charge in [0, 0.05) is 6.54 Å². The zero-order valence-corrected chi connectivity index (χ0v) is 15.4. The molecule has 1 heterocycles. The number of hydrogen-bond donors (Lipinski definition) is 2. The van der Waals surface area contributed by atoms with Gasteiger partial charge in [0.1, 0.15) is 23.3 Å².